The highest BCUT2D eigenvalue weighted by atomic mass is 35.5. The zero-order chi connectivity index (χ0) is 17.0. The number of benzene rings is 1. The van der Waals surface area contributed by atoms with Gasteiger partial charge >= 0.3 is 0 Å². The highest BCUT2D eigenvalue weighted by Gasteiger charge is 2.14. The molecule has 0 bridgehead atoms. The summed E-state index contributed by atoms with van der Waals surface area (Å²) in [5.74, 6) is 0.703. The van der Waals surface area contributed by atoms with Crippen LogP contribution in [0.15, 0.2) is 24.4 Å². The lowest BCUT2D eigenvalue weighted by Crippen LogP contribution is -2.25. The monoisotopic (exact) mass is 336 g/mol. The van der Waals surface area contributed by atoms with Crippen LogP contribution in [0.4, 0.5) is 0 Å². The molecule has 0 fully saturated rings. The van der Waals surface area contributed by atoms with Crippen LogP contribution in [0, 0.1) is 0 Å². The minimum absolute atomic E-state index is 0.0931. The van der Waals surface area contributed by atoms with Crippen LogP contribution in [0.1, 0.15) is 19.4 Å². The van der Waals surface area contributed by atoms with Gasteiger partial charge in [-0.05, 0) is 39.1 Å². The van der Waals surface area contributed by atoms with Crippen molar-refractivity contribution in [3.05, 3.63) is 35.0 Å². The van der Waals surface area contributed by atoms with Gasteiger partial charge in [0.25, 0.3) is 0 Å². The maximum Gasteiger partial charge on any atom is 0.138 e. The summed E-state index contributed by atoms with van der Waals surface area (Å²) in [6.07, 6.45) is 1.99. The van der Waals surface area contributed by atoms with Gasteiger partial charge in [0.2, 0.25) is 0 Å². The summed E-state index contributed by atoms with van der Waals surface area (Å²) >= 11 is 6.37. The van der Waals surface area contributed by atoms with Crippen molar-refractivity contribution in [3.8, 4) is 17.0 Å². The van der Waals surface area contributed by atoms with E-state index in [0.717, 1.165) is 29.9 Å². The molecule has 2 rings (SSSR count). The molecule has 5 nitrogen and oxygen atoms in total. The number of ether oxygens (including phenoxy) is 1. The third-order valence-electron chi connectivity index (χ3n) is 3.53. The van der Waals surface area contributed by atoms with E-state index in [2.05, 4.69) is 17.0 Å². The largest absolute Gasteiger partial charge is 0.489 e. The SMILES string of the molecule is CC(C)Oc1ccc(-c2c(CN(C)CCN)cnn2C)cc1Cl. The minimum Gasteiger partial charge on any atom is -0.489 e. The van der Waals surface area contributed by atoms with Crippen molar-refractivity contribution >= 4 is 11.6 Å². The summed E-state index contributed by atoms with van der Waals surface area (Å²) in [4.78, 5) is 2.18. The molecule has 0 radical (unpaired) electrons. The van der Waals surface area contributed by atoms with Crippen LogP contribution >= 0.6 is 11.6 Å². The van der Waals surface area contributed by atoms with Gasteiger partial charge in [-0.25, -0.2) is 0 Å². The van der Waals surface area contributed by atoms with E-state index in [-0.39, 0.29) is 6.10 Å². The van der Waals surface area contributed by atoms with Crippen LogP contribution in [-0.2, 0) is 13.6 Å². The standard InChI is InChI=1S/C17H25ClN4O/c1-12(2)23-16-6-5-13(9-15(16)18)17-14(10-20-22(17)4)11-21(3)8-7-19/h5-6,9-10,12H,7-8,11,19H2,1-4H3. The van der Waals surface area contributed by atoms with E-state index in [1.54, 1.807) is 0 Å². The Morgan fingerprint density at radius 1 is 1.39 bits per heavy atom. The molecule has 126 valence electrons. The molecule has 0 amide bonds. The Hall–Kier alpha value is -1.56. The number of nitrogens with two attached hydrogens (primary N) is 1. The first-order chi connectivity index (χ1) is 10.9. The molecule has 2 aromatic rings. The quantitative estimate of drug-likeness (QED) is 0.844. The fraction of sp³-hybridized carbons (Fsp3) is 0.471. The molecule has 0 aliphatic heterocycles. The smallest absolute Gasteiger partial charge is 0.138 e. The van der Waals surface area contributed by atoms with Crippen molar-refractivity contribution in [2.45, 2.75) is 26.5 Å². The number of hydrogen-bond acceptors (Lipinski definition) is 4. The topological polar surface area (TPSA) is 56.3 Å². The molecular formula is C17H25ClN4O. The van der Waals surface area contributed by atoms with E-state index in [1.807, 2.05) is 50.0 Å². The van der Waals surface area contributed by atoms with Crippen LogP contribution in [0.25, 0.3) is 11.3 Å². The molecule has 0 unspecified atom stereocenters. The maximum atomic E-state index is 6.37. The number of aryl methyl sites for hydroxylation is 1. The maximum absolute atomic E-state index is 6.37. The Balaban J connectivity index is 2.31. The first kappa shape index (κ1) is 17.8. The third kappa shape index (κ3) is 4.47. The van der Waals surface area contributed by atoms with Crippen LogP contribution < -0.4 is 10.5 Å². The van der Waals surface area contributed by atoms with Crippen LogP contribution in [0.5, 0.6) is 5.75 Å². The molecule has 2 N–H and O–H groups in total. The normalized spacial score (nSPS) is 11.5. The zero-order valence-corrected chi connectivity index (χ0v) is 15.0. The van der Waals surface area contributed by atoms with E-state index in [9.17, 15) is 0 Å². The molecule has 1 aromatic heterocycles. The van der Waals surface area contributed by atoms with E-state index < -0.39 is 0 Å². The summed E-state index contributed by atoms with van der Waals surface area (Å²) in [5, 5.41) is 5.00. The zero-order valence-electron chi connectivity index (χ0n) is 14.2. The van der Waals surface area contributed by atoms with Crippen LogP contribution in [0.2, 0.25) is 5.02 Å². The molecule has 0 atom stereocenters. The first-order valence-electron chi connectivity index (χ1n) is 7.78. The van der Waals surface area contributed by atoms with Gasteiger partial charge in [-0.3, -0.25) is 4.68 Å². The second kappa shape index (κ2) is 7.81. The summed E-state index contributed by atoms with van der Waals surface area (Å²) in [6.45, 7) is 6.24. The number of aromatic nitrogens is 2. The van der Waals surface area contributed by atoms with Crippen molar-refractivity contribution in [2.75, 3.05) is 20.1 Å². The Kier molecular flexibility index (Phi) is 6.04. The molecule has 0 saturated heterocycles. The van der Waals surface area contributed by atoms with Gasteiger partial charge in [0.15, 0.2) is 0 Å². The Morgan fingerprint density at radius 2 is 2.13 bits per heavy atom. The molecule has 23 heavy (non-hydrogen) atoms. The van der Waals surface area contributed by atoms with Gasteiger partial charge in [0.05, 0.1) is 23.0 Å². The van der Waals surface area contributed by atoms with Gasteiger partial charge in [0.1, 0.15) is 5.75 Å². The Bertz CT molecular complexity index is 654. The minimum atomic E-state index is 0.0931. The highest BCUT2D eigenvalue weighted by Crippen LogP contribution is 2.32. The van der Waals surface area contributed by atoms with Gasteiger partial charge in [-0.2, -0.15) is 5.10 Å². The number of rotatable bonds is 7. The van der Waals surface area contributed by atoms with Crippen molar-refractivity contribution in [1.29, 1.82) is 0 Å². The molecule has 0 saturated carbocycles. The molecule has 1 heterocycles. The van der Waals surface area contributed by atoms with E-state index in [1.165, 1.54) is 0 Å². The molecule has 0 aliphatic carbocycles. The Morgan fingerprint density at radius 3 is 2.74 bits per heavy atom. The van der Waals surface area contributed by atoms with Gasteiger partial charge in [-0.15, -0.1) is 0 Å². The predicted molar refractivity (Wildman–Crippen MR) is 94.8 cm³/mol. The van der Waals surface area contributed by atoms with E-state index in [4.69, 9.17) is 22.1 Å². The molecular weight excluding hydrogens is 312 g/mol. The lowest BCUT2D eigenvalue weighted by molar-refractivity contribution is 0.242. The Labute approximate surface area is 143 Å². The molecule has 0 aliphatic rings. The first-order valence-corrected chi connectivity index (χ1v) is 8.16. The van der Waals surface area contributed by atoms with Crippen LogP contribution in [-0.4, -0.2) is 40.9 Å². The van der Waals surface area contributed by atoms with Crippen LogP contribution in [0.3, 0.4) is 0 Å². The number of nitrogens with zero attached hydrogens (tertiary/aromatic N) is 3. The summed E-state index contributed by atoms with van der Waals surface area (Å²) in [6, 6.07) is 5.87. The average Bonchev–Trinajstić information content (AvgIpc) is 2.82. The van der Waals surface area contributed by atoms with Crippen molar-refractivity contribution in [2.24, 2.45) is 12.8 Å². The fourth-order valence-corrected chi connectivity index (χ4v) is 2.78. The average molecular weight is 337 g/mol. The van der Waals surface area contributed by atoms with E-state index >= 15 is 0 Å². The lowest BCUT2D eigenvalue weighted by Gasteiger charge is -2.16. The third-order valence-corrected chi connectivity index (χ3v) is 3.83. The predicted octanol–water partition coefficient (Wildman–Crippen LogP) is 2.92. The van der Waals surface area contributed by atoms with Crippen molar-refractivity contribution in [1.82, 2.24) is 14.7 Å². The summed E-state index contributed by atoms with van der Waals surface area (Å²) in [5.41, 5.74) is 8.86. The highest BCUT2D eigenvalue weighted by molar-refractivity contribution is 6.32. The molecule has 0 spiro atoms. The van der Waals surface area contributed by atoms with Crippen molar-refractivity contribution in [3.63, 3.8) is 0 Å². The van der Waals surface area contributed by atoms with Gasteiger partial charge in [-0.1, -0.05) is 11.6 Å². The second-order valence-corrected chi connectivity index (χ2v) is 6.39. The molecule has 1 aromatic carbocycles. The summed E-state index contributed by atoms with van der Waals surface area (Å²) in [7, 11) is 3.99. The number of halogens is 1. The van der Waals surface area contributed by atoms with E-state index in [0.29, 0.717) is 17.3 Å². The second-order valence-electron chi connectivity index (χ2n) is 5.98. The fourth-order valence-electron chi connectivity index (χ4n) is 2.56. The van der Waals surface area contributed by atoms with Crippen molar-refractivity contribution < 1.29 is 4.74 Å². The van der Waals surface area contributed by atoms with Gasteiger partial charge in [0, 0.05) is 37.8 Å². The summed E-state index contributed by atoms with van der Waals surface area (Å²) < 4.78 is 7.57. The molecule has 6 heteroatoms. The lowest BCUT2D eigenvalue weighted by atomic mass is 10.1. The number of hydrogen-bond donors (Lipinski definition) is 1. The van der Waals surface area contributed by atoms with Gasteiger partial charge < -0.3 is 15.4 Å². The number of likely N-dealkylation sites (N-methyl/N-ethyl adjacent to an activating group) is 1.